The van der Waals surface area contributed by atoms with Crippen LogP contribution < -0.4 is 10.2 Å². The summed E-state index contributed by atoms with van der Waals surface area (Å²) in [7, 11) is 0. The molecule has 2 heterocycles. The largest absolute Gasteiger partial charge is 0.370 e. The van der Waals surface area contributed by atoms with Gasteiger partial charge in [0.2, 0.25) is 0 Å². The zero-order valence-corrected chi connectivity index (χ0v) is 12.5. The van der Waals surface area contributed by atoms with Gasteiger partial charge < -0.3 is 10.2 Å². The van der Waals surface area contributed by atoms with E-state index in [-0.39, 0.29) is 0 Å². The van der Waals surface area contributed by atoms with Crippen LogP contribution >= 0.6 is 0 Å². The van der Waals surface area contributed by atoms with Crippen LogP contribution in [-0.4, -0.2) is 24.6 Å². The maximum absolute atomic E-state index is 4.66. The van der Waals surface area contributed by atoms with Crippen molar-refractivity contribution in [3.05, 3.63) is 24.0 Å². The summed E-state index contributed by atoms with van der Waals surface area (Å²) in [4.78, 5) is 7.12. The lowest BCUT2D eigenvalue weighted by Gasteiger charge is -2.32. The number of nitrogens with one attached hydrogen (secondary N) is 1. The molecule has 2 rings (SSSR count). The zero-order chi connectivity index (χ0) is 13.7. The minimum atomic E-state index is 0.389. The van der Waals surface area contributed by atoms with Gasteiger partial charge in [0.25, 0.3) is 0 Å². The van der Waals surface area contributed by atoms with E-state index in [2.05, 4.69) is 48.1 Å². The average Bonchev–Trinajstić information content (AvgIpc) is 2.46. The summed E-state index contributed by atoms with van der Waals surface area (Å²) in [6, 6.07) is 4.81. The molecule has 1 aliphatic rings. The lowest BCUT2D eigenvalue weighted by atomic mass is 9.99. The second-order valence-corrected chi connectivity index (χ2v) is 5.63. The SMILES string of the molecule is CCNC(CC)c1ccc(N2CCC(C)CC2)cn1. The Morgan fingerprint density at radius 1 is 1.32 bits per heavy atom. The molecule has 19 heavy (non-hydrogen) atoms. The number of pyridine rings is 1. The number of hydrogen-bond donors (Lipinski definition) is 1. The topological polar surface area (TPSA) is 28.2 Å². The van der Waals surface area contributed by atoms with Crippen molar-refractivity contribution in [2.24, 2.45) is 5.92 Å². The number of hydrogen-bond acceptors (Lipinski definition) is 3. The first-order chi connectivity index (χ1) is 9.24. The van der Waals surface area contributed by atoms with Crippen molar-refractivity contribution in [1.82, 2.24) is 10.3 Å². The van der Waals surface area contributed by atoms with Crippen LogP contribution in [0.4, 0.5) is 5.69 Å². The normalized spacial score (nSPS) is 18.6. The standard InChI is InChI=1S/C16H27N3/c1-4-15(17-5-2)16-7-6-14(12-18-16)19-10-8-13(3)9-11-19/h6-7,12-13,15,17H,4-5,8-11H2,1-3H3. The van der Waals surface area contributed by atoms with Crippen molar-refractivity contribution in [1.29, 1.82) is 0 Å². The van der Waals surface area contributed by atoms with E-state index in [1.165, 1.54) is 37.3 Å². The fourth-order valence-corrected chi connectivity index (χ4v) is 2.76. The summed E-state index contributed by atoms with van der Waals surface area (Å²) in [5.74, 6) is 0.877. The van der Waals surface area contributed by atoms with Gasteiger partial charge >= 0.3 is 0 Å². The summed E-state index contributed by atoms with van der Waals surface area (Å²) >= 11 is 0. The lowest BCUT2D eigenvalue weighted by Crippen LogP contribution is -2.32. The predicted molar refractivity (Wildman–Crippen MR) is 81.6 cm³/mol. The monoisotopic (exact) mass is 261 g/mol. The Morgan fingerprint density at radius 2 is 2.05 bits per heavy atom. The molecular formula is C16H27N3. The second kappa shape index (κ2) is 6.90. The minimum Gasteiger partial charge on any atom is -0.370 e. The molecule has 3 nitrogen and oxygen atoms in total. The van der Waals surface area contributed by atoms with Gasteiger partial charge in [-0.25, -0.2) is 0 Å². The summed E-state index contributed by atoms with van der Waals surface area (Å²) in [6.07, 6.45) is 5.74. The van der Waals surface area contributed by atoms with E-state index in [9.17, 15) is 0 Å². The molecule has 1 aromatic rings. The predicted octanol–water partition coefficient (Wildman–Crippen LogP) is 3.38. The molecule has 0 aromatic carbocycles. The first-order valence-electron chi connectivity index (χ1n) is 7.68. The Bertz CT molecular complexity index is 366. The van der Waals surface area contributed by atoms with E-state index in [0.717, 1.165) is 18.9 Å². The van der Waals surface area contributed by atoms with Gasteiger partial charge in [-0.1, -0.05) is 20.8 Å². The first kappa shape index (κ1) is 14.3. The third kappa shape index (κ3) is 3.69. The van der Waals surface area contributed by atoms with E-state index in [1.807, 2.05) is 6.20 Å². The molecule has 0 spiro atoms. The van der Waals surface area contributed by atoms with Crippen molar-refractivity contribution in [2.45, 2.75) is 46.1 Å². The van der Waals surface area contributed by atoms with E-state index >= 15 is 0 Å². The molecule has 106 valence electrons. The van der Waals surface area contributed by atoms with Crippen LogP contribution in [0.25, 0.3) is 0 Å². The maximum atomic E-state index is 4.66. The fourth-order valence-electron chi connectivity index (χ4n) is 2.76. The summed E-state index contributed by atoms with van der Waals surface area (Å²) in [5, 5.41) is 3.48. The van der Waals surface area contributed by atoms with Gasteiger partial charge in [-0.3, -0.25) is 4.98 Å². The van der Waals surface area contributed by atoms with Gasteiger partial charge in [-0.2, -0.15) is 0 Å². The van der Waals surface area contributed by atoms with Crippen LogP contribution in [0.15, 0.2) is 18.3 Å². The summed E-state index contributed by atoms with van der Waals surface area (Å²) in [6.45, 7) is 10.0. The molecule has 1 aromatic heterocycles. The highest BCUT2D eigenvalue weighted by molar-refractivity contribution is 5.45. The molecule has 0 bridgehead atoms. The van der Waals surface area contributed by atoms with Gasteiger partial charge in [0.05, 0.1) is 17.6 Å². The maximum Gasteiger partial charge on any atom is 0.0574 e. The van der Waals surface area contributed by atoms with E-state index in [0.29, 0.717) is 6.04 Å². The molecule has 1 N–H and O–H groups in total. The molecule has 0 saturated carbocycles. The van der Waals surface area contributed by atoms with Crippen molar-refractivity contribution in [3.8, 4) is 0 Å². The van der Waals surface area contributed by atoms with Crippen LogP contribution in [0, 0.1) is 5.92 Å². The van der Waals surface area contributed by atoms with Gasteiger partial charge in [-0.15, -0.1) is 0 Å². The van der Waals surface area contributed by atoms with Gasteiger partial charge in [0, 0.05) is 19.1 Å². The van der Waals surface area contributed by atoms with E-state index in [4.69, 9.17) is 0 Å². The van der Waals surface area contributed by atoms with Crippen molar-refractivity contribution in [3.63, 3.8) is 0 Å². The van der Waals surface area contributed by atoms with Crippen LogP contribution in [0.5, 0.6) is 0 Å². The van der Waals surface area contributed by atoms with Crippen molar-refractivity contribution < 1.29 is 0 Å². The average molecular weight is 261 g/mol. The molecule has 0 amide bonds. The van der Waals surface area contributed by atoms with Gasteiger partial charge in [0.15, 0.2) is 0 Å². The Labute approximate surface area is 117 Å². The van der Waals surface area contributed by atoms with Gasteiger partial charge in [-0.05, 0) is 43.9 Å². The molecule has 1 unspecified atom stereocenters. The van der Waals surface area contributed by atoms with E-state index < -0.39 is 0 Å². The highest BCUT2D eigenvalue weighted by Gasteiger charge is 2.16. The zero-order valence-electron chi connectivity index (χ0n) is 12.5. The third-order valence-corrected chi connectivity index (χ3v) is 4.14. The molecular weight excluding hydrogens is 234 g/mol. The fraction of sp³-hybridized carbons (Fsp3) is 0.688. The Morgan fingerprint density at radius 3 is 2.58 bits per heavy atom. The number of rotatable bonds is 5. The molecule has 1 aliphatic heterocycles. The van der Waals surface area contributed by atoms with Crippen molar-refractivity contribution >= 4 is 5.69 Å². The Hall–Kier alpha value is -1.09. The number of piperidine rings is 1. The number of nitrogens with zero attached hydrogens (tertiary/aromatic N) is 2. The quantitative estimate of drug-likeness (QED) is 0.880. The first-order valence-corrected chi connectivity index (χ1v) is 7.68. The van der Waals surface area contributed by atoms with Crippen LogP contribution in [0.2, 0.25) is 0 Å². The molecule has 0 radical (unpaired) electrons. The summed E-state index contributed by atoms with van der Waals surface area (Å²) < 4.78 is 0. The molecule has 3 heteroatoms. The second-order valence-electron chi connectivity index (χ2n) is 5.63. The number of anilines is 1. The van der Waals surface area contributed by atoms with Crippen molar-refractivity contribution in [2.75, 3.05) is 24.5 Å². The highest BCUT2D eigenvalue weighted by Crippen LogP contribution is 2.23. The highest BCUT2D eigenvalue weighted by atomic mass is 15.1. The Kier molecular flexibility index (Phi) is 5.20. The minimum absolute atomic E-state index is 0.389. The lowest BCUT2D eigenvalue weighted by molar-refractivity contribution is 0.438. The van der Waals surface area contributed by atoms with Crippen LogP contribution in [-0.2, 0) is 0 Å². The molecule has 0 aliphatic carbocycles. The van der Waals surface area contributed by atoms with Crippen LogP contribution in [0.1, 0.15) is 51.8 Å². The molecule has 1 fully saturated rings. The third-order valence-electron chi connectivity index (χ3n) is 4.14. The number of aromatic nitrogens is 1. The molecule has 1 atom stereocenters. The van der Waals surface area contributed by atoms with Gasteiger partial charge in [0.1, 0.15) is 0 Å². The van der Waals surface area contributed by atoms with E-state index in [1.54, 1.807) is 0 Å². The smallest absolute Gasteiger partial charge is 0.0574 e. The Balaban J connectivity index is 2.01. The summed E-state index contributed by atoms with van der Waals surface area (Å²) in [5.41, 5.74) is 2.44. The molecule has 1 saturated heterocycles. The van der Waals surface area contributed by atoms with Crippen LogP contribution in [0.3, 0.4) is 0 Å².